The lowest BCUT2D eigenvalue weighted by molar-refractivity contribution is 0.0991. The van der Waals surface area contributed by atoms with E-state index in [4.69, 9.17) is 5.73 Å². The van der Waals surface area contributed by atoms with Crippen LogP contribution in [-0.2, 0) is 9.84 Å². The molecule has 0 atom stereocenters. The third kappa shape index (κ3) is 2.21. The molecule has 0 spiro atoms. The smallest absolute Gasteiger partial charge is 0.284 e. The number of nitrogens with zero attached hydrogens (tertiary/aromatic N) is 1. The minimum Gasteiger partial charge on any atom is -0.363 e. The lowest BCUT2D eigenvalue weighted by Gasteiger charge is -2.01. The van der Waals surface area contributed by atoms with Crippen molar-refractivity contribution in [1.29, 1.82) is 0 Å². The number of carbonyl (C=O) groups excluding carboxylic acids is 1. The number of imidazole rings is 1. The molecule has 2 aromatic rings. The Labute approximate surface area is 104 Å². The number of fused-ring (bicyclic) bond motifs is 1. The van der Waals surface area contributed by atoms with Gasteiger partial charge in [0.25, 0.3) is 5.91 Å². The zero-order valence-electron chi connectivity index (χ0n) is 9.80. The number of nitrogens with two attached hydrogens (primary N) is 1. The van der Waals surface area contributed by atoms with Gasteiger partial charge in [-0.3, -0.25) is 4.79 Å². The van der Waals surface area contributed by atoms with Crippen LogP contribution in [0.5, 0.6) is 0 Å². The molecule has 0 aliphatic carbocycles. The van der Waals surface area contributed by atoms with Gasteiger partial charge >= 0.3 is 0 Å². The minimum absolute atomic E-state index is 0.0232. The summed E-state index contributed by atoms with van der Waals surface area (Å²) in [5.74, 6) is -0.561. The molecule has 0 unspecified atom stereocenters. The van der Waals surface area contributed by atoms with Gasteiger partial charge in [-0.1, -0.05) is 6.92 Å². The van der Waals surface area contributed by atoms with Gasteiger partial charge in [0.15, 0.2) is 15.7 Å². The number of rotatable bonds is 4. The van der Waals surface area contributed by atoms with Gasteiger partial charge in [-0.25, -0.2) is 13.4 Å². The molecule has 3 N–H and O–H groups in total. The molecule has 2 rings (SSSR count). The molecule has 0 bridgehead atoms. The van der Waals surface area contributed by atoms with Crippen LogP contribution in [0.2, 0.25) is 0 Å². The topological polar surface area (TPSA) is 106 Å². The number of primary amides is 1. The molecule has 0 aliphatic heterocycles. The average molecular weight is 267 g/mol. The van der Waals surface area contributed by atoms with Crippen LogP contribution in [0, 0.1) is 0 Å². The Hall–Kier alpha value is -1.89. The third-order valence-electron chi connectivity index (χ3n) is 2.52. The van der Waals surface area contributed by atoms with Gasteiger partial charge in [0.05, 0.1) is 21.7 Å². The highest BCUT2D eigenvalue weighted by atomic mass is 32.2. The second kappa shape index (κ2) is 4.41. The second-order valence-electron chi connectivity index (χ2n) is 3.95. The van der Waals surface area contributed by atoms with Crippen LogP contribution < -0.4 is 5.73 Å². The predicted molar refractivity (Wildman–Crippen MR) is 67.0 cm³/mol. The Kier molecular flexibility index (Phi) is 3.08. The third-order valence-corrected chi connectivity index (χ3v) is 4.44. The molecular weight excluding hydrogens is 254 g/mol. The lowest BCUT2D eigenvalue weighted by Crippen LogP contribution is -2.12. The largest absolute Gasteiger partial charge is 0.363 e. The zero-order chi connectivity index (χ0) is 13.3. The molecule has 1 heterocycles. The molecule has 0 radical (unpaired) electrons. The van der Waals surface area contributed by atoms with Crippen LogP contribution >= 0.6 is 0 Å². The minimum atomic E-state index is -3.28. The summed E-state index contributed by atoms with van der Waals surface area (Å²) in [5, 5.41) is 0. The van der Waals surface area contributed by atoms with E-state index in [1.807, 2.05) is 0 Å². The van der Waals surface area contributed by atoms with Crippen molar-refractivity contribution in [1.82, 2.24) is 9.97 Å². The fourth-order valence-electron chi connectivity index (χ4n) is 1.69. The molecule has 0 saturated carbocycles. The van der Waals surface area contributed by atoms with Crippen molar-refractivity contribution in [3.05, 3.63) is 24.0 Å². The molecule has 0 aliphatic rings. The summed E-state index contributed by atoms with van der Waals surface area (Å²) < 4.78 is 23.8. The maximum atomic E-state index is 11.9. The molecule has 1 amide bonds. The molecule has 7 heteroatoms. The molecule has 96 valence electrons. The molecule has 0 saturated heterocycles. The number of hydrogen-bond donors (Lipinski definition) is 2. The zero-order valence-corrected chi connectivity index (χ0v) is 10.6. The van der Waals surface area contributed by atoms with Gasteiger partial charge in [0.1, 0.15) is 0 Å². The van der Waals surface area contributed by atoms with Crippen molar-refractivity contribution in [3.8, 4) is 0 Å². The van der Waals surface area contributed by atoms with Gasteiger partial charge in [0, 0.05) is 0 Å². The van der Waals surface area contributed by atoms with Crippen LogP contribution in [0.4, 0.5) is 0 Å². The Bertz CT molecular complexity index is 703. The molecule has 1 aromatic carbocycles. The van der Waals surface area contributed by atoms with Crippen molar-refractivity contribution in [2.75, 3.05) is 5.75 Å². The van der Waals surface area contributed by atoms with Crippen molar-refractivity contribution < 1.29 is 13.2 Å². The summed E-state index contributed by atoms with van der Waals surface area (Å²) in [7, 11) is -3.28. The number of aromatic amines is 1. The number of nitrogens with one attached hydrogen (secondary N) is 1. The van der Waals surface area contributed by atoms with Gasteiger partial charge < -0.3 is 10.7 Å². The van der Waals surface area contributed by atoms with Gasteiger partial charge in [-0.2, -0.15) is 0 Å². The summed E-state index contributed by atoms with van der Waals surface area (Å²) in [6, 6.07) is 4.51. The lowest BCUT2D eigenvalue weighted by atomic mass is 10.3. The quantitative estimate of drug-likeness (QED) is 0.856. The van der Waals surface area contributed by atoms with E-state index in [1.165, 1.54) is 12.1 Å². The first kappa shape index (κ1) is 12.6. The van der Waals surface area contributed by atoms with E-state index in [9.17, 15) is 13.2 Å². The number of H-pyrrole nitrogens is 1. The first-order valence-corrected chi connectivity index (χ1v) is 7.11. The van der Waals surface area contributed by atoms with Gasteiger partial charge in [0.2, 0.25) is 0 Å². The highest BCUT2D eigenvalue weighted by Gasteiger charge is 2.15. The van der Waals surface area contributed by atoms with Crippen molar-refractivity contribution >= 4 is 26.8 Å². The number of carbonyl (C=O) groups is 1. The summed E-state index contributed by atoms with van der Waals surface area (Å²) in [4.78, 5) is 17.8. The highest BCUT2D eigenvalue weighted by molar-refractivity contribution is 7.91. The van der Waals surface area contributed by atoms with Crippen LogP contribution in [-0.4, -0.2) is 30.0 Å². The maximum Gasteiger partial charge on any atom is 0.284 e. The van der Waals surface area contributed by atoms with Gasteiger partial charge in [-0.05, 0) is 24.6 Å². The summed E-state index contributed by atoms with van der Waals surface area (Å²) in [6.45, 7) is 1.80. The van der Waals surface area contributed by atoms with E-state index in [0.717, 1.165) is 0 Å². The predicted octanol–water partition coefficient (Wildman–Crippen LogP) is 0.845. The molecule has 18 heavy (non-hydrogen) atoms. The fourth-order valence-corrected chi connectivity index (χ4v) is 3.03. The number of hydrogen-bond acceptors (Lipinski definition) is 4. The number of aromatic nitrogens is 2. The normalized spacial score (nSPS) is 11.8. The number of benzene rings is 1. The Morgan fingerprint density at radius 2 is 2.17 bits per heavy atom. The Balaban J connectivity index is 2.54. The van der Waals surface area contributed by atoms with E-state index >= 15 is 0 Å². The van der Waals surface area contributed by atoms with E-state index < -0.39 is 15.7 Å². The maximum absolute atomic E-state index is 11.9. The van der Waals surface area contributed by atoms with Crippen LogP contribution in [0.15, 0.2) is 23.1 Å². The Morgan fingerprint density at radius 3 is 2.78 bits per heavy atom. The van der Waals surface area contributed by atoms with E-state index in [0.29, 0.717) is 17.5 Å². The van der Waals surface area contributed by atoms with Crippen LogP contribution in [0.25, 0.3) is 11.0 Å². The Morgan fingerprint density at radius 1 is 1.44 bits per heavy atom. The summed E-state index contributed by atoms with van der Waals surface area (Å²) in [6.07, 6.45) is 0.551. The average Bonchev–Trinajstić information content (AvgIpc) is 2.71. The monoisotopic (exact) mass is 267 g/mol. The van der Waals surface area contributed by atoms with E-state index in [-0.39, 0.29) is 16.5 Å². The van der Waals surface area contributed by atoms with Crippen molar-refractivity contribution in [2.45, 2.75) is 18.2 Å². The SMILES string of the molecule is CCCS(=O)(=O)c1ccc2nc(C(N)=O)[nH]c2c1. The highest BCUT2D eigenvalue weighted by Crippen LogP contribution is 2.18. The standard InChI is InChI=1S/C11H13N3O3S/c1-2-5-18(16,17)7-3-4-8-9(6-7)14-11(13-8)10(12)15/h3-4,6H,2,5H2,1H3,(H2,12,15)(H,13,14). The van der Waals surface area contributed by atoms with Gasteiger partial charge in [-0.15, -0.1) is 0 Å². The molecule has 6 nitrogen and oxygen atoms in total. The molecule has 0 fully saturated rings. The summed E-state index contributed by atoms with van der Waals surface area (Å²) >= 11 is 0. The fraction of sp³-hybridized carbons (Fsp3) is 0.273. The van der Waals surface area contributed by atoms with Crippen LogP contribution in [0.1, 0.15) is 24.0 Å². The molecule has 1 aromatic heterocycles. The first-order chi connectivity index (χ1) is 8.44. The van der Waals surface area contributed by atoms with E-state index in [1.54, 1.807) is 13.0 Å². The molecular formula is C11H13N3O3S. The van der Waals surface area contributed by atoms with Crippen LogP contribution in [0.3, 0.4) is 0 Å². The second-order valence-corrected chi connectivity index (χ2v) is 6.06. The number of sulfone groups is 1. The number of amides is 1. The van der Waals surface area contributed by atoms with E-state index in [2.05, 4.69) is 9.97 Å². The summed E-state index contributed by atoms with van der Waals surface area (Å²) in [5.41, 5.74) is 6.10. The first-order valence-electron chi connectivity index (χ1n) is 5.46. The van der Waals surface area contributed by atoms with Crippen molar-refractivity contribution in [3.63, 3.8) is 0 Å². The van der Waals surface area contributed by atoms with Crippen molar-refractivity contribution in [2.24, 2.45) is 5.73 Å².